The van der Waals surface area contributed by atoms with Crippen LogP contribution in [0.25, 0.3) is 0 Å². The summed E-state index contributed by atoms with van der Waals surface area (Å²) in [5.74, 6) is 4.63. The number of hydrogen-bond donors (Lipinski definition) is 0. The fourth-order valence-electron chi connectivity index (χ4n) is 8.94. The molecule has 0 heterocycles. The molecule has 3 fully saturated rings. The third kappa shape index (κ3) is 8.07. The molecule has 40 heavy (non-hydrogen) atoms. The van der Waals surface area contributed by atoms with E-state index in [0.717, 1.165) is 43.0 Å². The van der Waals surface area contributed by atoms with Gasteiger partial charge < -0.3 is 4.74 Å². The Labute approximate surface area is 248 Å². The van der Waals surface area contributed by atoms with Gasteiger partial charge in [-0.2, -0.15) is 0 Å². The Bertz CT molecular complexity index is 858. The molecule has 1 aromatic carbocycles. The molecule has 3 aliphatic carbocycles. The zero-order valence-electron chi connectivity index (χ0n) is 26.5. The minimum Gasteiger partial charge on any atom is -0.493 e. The molecule has 224 valence electrons. The van der Waals surface area contributed by atoms with Crippen LogP contribution in [-0.4, -0.2) is 6.61 Å². The first-order valence-corrected chi connectivity index (χ1v) is 17.6. The minimum absolute atomic E-state index is 0.357. The summed E-state index contributed by atoms with van der Waals surface area (Å²) in [5, 5.41) is 0. The summed E-state index contributed by atoms with van der Waals surface area (Å²) in [4.78, 5) is 0. The van der Waals surface area contributed by atoms with Crippen LogP contribution < -0.4 is 4.74 Å². The summed E-state index contributed by atoms with van der Waals surface area (Å²) in [6, 6.07) is 5.16. The summed E-state index contributed by atoms with van der Waals surface area (Å²) in [5.41, 5.74) is 4.74. The molecule has 0 atom stereocenters. The average Bonchev–Trinajstić information content (AvgIpc) is 2.98. The van der Waals surface area contributed by atoms with Crippen molar-refractivity contribution in [3.8, 4) is 5.75 Å². The zero-order chi connectivity index (χ0) is 28.2. The molecule has 0 aliphatic heterocycles. The monoisotopic (exact) mass is 546 g/mol. The molecule has 0 aromatic heterocycles. The lowest BCUT2D eigenvalue weighted by molar-refractivity contribution is 0.124. The van der Waals surface area contributed by atoms with Crippen LogP contribution in [0, 0.1) is 23.7 Å². The predicted molar refractivity (Wildman–Crippen MR) is 174 cm³/mol. The third-order valence-electron chi connectivity index (χ3n) is 11.3. The Hall–Kier alpha value is -1.50. The minimum atomic E-state index is 0.357. The van der Waals surface area contributed by atoms with E-state index < -0.39 is 0 Å². The van der Waals surface area contributed by atoms with Crippen molar-refractivity contribution in [3.05, 3.63) is 54.1 Å². The highest BCUT2D eigenvalue weighted by Gasteiger charge is 2.43. The summed E-state index contributed by atoms with van der Waals surface area (Å²) < 4.78 is 6.81. The quantitative estimate of drug-likeness (QED) is 0.157. The van der Waals surface area contributed by atoms with Crippen LogP contribution >= 0.6 is 0 Å². The van der Waals surface area contributed by atoms with Crippen molar-refractivity contribution in [2.24, 2.45) is 23.7 Å². The number of benzene rings is 1. The third-order valence-corrected chi connectivity index (χ3v) is 11.3. The van der Waals surface area contributed by atoms with E-state index in [1.807, 2.05) is 0 Å². The van der Waals surface area contributed by atoms with Gasteiger partial charge in [0.2, 0.25) is 0 Å². The molecule has 1 heteroatoms. The summed E-state index contributed by atoms with van der Waals surface area (Å²) in [7, 11) is 0. The second-order valence-corrected chi connectivity index (χ2v) is 14.0. The smallest absolute Gasteiger partial charge is 0.126 e. The van der Waals surface area contributed by atoms with E-state index in [4.69, 9.17) is 4.74 Å². The Morgan fingerprint density at radius 3 is 1.88 bits per heavy atom. The van der Waals surface area contributed by atoms with Crippen LogP contribution in [0.1, 0.15) is 153 Å². The number of hydrogen-bond acceptors (Lipinski definition) is 1. The Morgan fingerprint density at radius 1 is 0.725 bits per heavy atom. The van der Waals surface area contributed by atoms with Crippen molar-refractivity contribution in [3.63, 3.8) is 0 Å². The van der Waals surface area contributed by atoms with E-state index in [0.29, 0.717) is 11.3 Å². The molecule has 0 bridgehead atoms. The van der Waals surface area contributed by atoms with Crippen LogP contribution in [0.3, 0.4) is 0 Å². The molecule has 1 aromatic rings. The van der Waals surface area contributed by atoms with Crippen molar-refractivity contribution in [1.29, 1.82) is 0 Å². The molecule has 0 amide bonds. The van der Waals surface area contributed by atoms with Gasteiger partial charge in [0, 0.05) is 0 Å². The Morgan fingerprint density at radius 2 is 1.30 bits per heavy atom. The summed E-state index contributed by atoms with van der Waals surface area (Å²) in [6.45, 7) is 13.9. The van der Waals surface area contributed by atoms with Gasteiger partial charge in [-0.25, -0.2) is 0 Å². The number of ether oxygens (including phenoxy) is 1. The fourth-order valence-corrected chi connectivity index (χ4v) is 8.94. The van der Waals surface area contributed by atoms with Crippen molar-refractivity contribution in [2.45, 2.75) is 154 Å². The Kier molecular flexibility index (Phi) is 12.7. The van der Waals surface area contributed by atoms with E-state index in [9.17, 15) is 0 Å². The first-order valence-electron chi connectivity index (χ1n) is 17.6. The number of rotatable bonds is 15. The summed E-state index contributed by atoms with van der Waals surface area (Å²) in [6.07, 6.45) is 32.5. The van der Waals surface area contributed by atoms with Crippen LogP contribution in [-0.2, 0) is 18.3 Å². The lowest BCUT2D eigenvalue weighted by Gasteiger charge is -2.47. The maximum Gasteiger partial charge on any atom is 0.126 e. The average molecular weight is 547 g/mol. The first-order chi connectivity index (χ1) is 19.6. The highest BCUT2D eigenvalue weighted by molar-refractivity contribution is 5.49. The van der Waals surface area contributed by atoms with Gasteiger partial charge in [-0.05, 0) is 97.1 Å². The highest BCUT2D eigenvalue weighted by Crippen LogP contribution is 2.52. The lowest BCUT2D eigenvalue weighted by Crippen LogP contribution is -2.39. The van der Waals surface area contributed by atoms with E-state index in [-0.39, 0.29) is 0 Å². The van der Waals surface area contributed by atoms with Crippen LogP contribution in [0.4, 0.5) is 0 Å². The van der Waals surface area contributed by atoms with Gasteiger partial charge in [0.05, 0.1) is 6.61 Å². The van der Waals surface area contributed by atoms with E-state index in [2.05, 4.69) is 51.3 Å². The molecule has 3 aliphatic rings. The maximum atomic E-state index is 6.81. The number of unbranched alkanes of at least 4 members (excludes halogenated alkanes) is 2. The zero-order valence-corrected chi connectivity index (χ0v) is 26.5. The summed E-state index contributed by atoms with van der Waals surface area (Å²) >= 11 is 0. The first kappa shape index (κ1) is 31.4. The van der Waals surface area contributed by atoms with Gasteiger partial charge in [0.1, 0.15) is 5.75 Å². The largest absolute Gasteiger partial charge is 0.493 e. The van der Waals surface area contributed by atoms with Gasteiger partial charge in [-0.3, -0.25) is 0 Å². The topological polar surface area (TPSA) is 9.23 Å². The molecular formula is C39H62O. The maximum absolute atomic E-state index is 6.81. The Balaban J connectivity index is 1.52. The molecule has 1 nitrogen and oxygen atoms in total. The van der Waals surface area contributed by atoms with E-state index >= 15 is 0 Å². The van der Waals surface area contributed by atoms with E-state index in [1.165, 1.54) is 133 Å². The van der Waals surface area contributed by atoms with Crippen molar-refractivity contribution in [1.82, 2.24) is 0 Å². The molecule has 4 rings (SSSR count). The van der Waals surface area contributed by atoms with Crippen molar-refractivity contribution >= 4 is 0 Å². The SMILES string of the molecule is C=CCc1cc(C2(C3CCC(CCC)CC3)CCCCC2)cc(CC=C)c1OCC1CCC(CCCCC)CC1. The lowest BCUT2D eigenvalue weighted by atomic mass is 9.57. The molecule has 3 saturated carbocycles. The second-order valence-electron chi connectivity index (χ2n) is 14.0. The highest BCUT2D eigenvalue weighted by atomic mass is 16.5. The van der Waals surface area contributed by atoms with Crippen LogP contribution in [0.15, 0.2) is 37.4 Å². The molecule has 0 saturated heterocycles. The van der Waals surface area contributed by atoms with Gasteiger partial charge >= 0.3 is 0 Å². The predicted octanol–water partition coefficient (Wildman–Crippen LogP) is 11.7. The molecule has 0 unspecified atom stereocenters. The molecule has 0 N–H and O–H groups in total. The van der Waals surface area contributed by atoms with Crippen molar-refractivity contribution in [2.75, 3.05) is 6.61 Å². The van der Waals surface area contributed by atoms with Crippen LogP contribution in [0.2, 0.25) is 0 Å². The van der Waals surface area contributed by atoms with Gasteiger partial charge in [-0.15, -0.1) is 13.2 Å². The molecule has 0 radical (unpaired) electrons. The van der Waals surface area contributed by atoms with Gasteiger partial charge in [-0.1, -0.05) is 122 Å². The van der Waals surface area contributed by atoms with Crippen molar-refractivity contribution < 1.29 is 4.74 Å². The number of allylic oxidation sites excluding steroid dienone is 2. The van der Waals surface area contributed by atoms with Gasteiger partial charge in [0.15, 0.2) is 0 Å². The second kappa shape index (κ2) is 16.2. The van der Waals surface area contributed by atoms with Crippen LogP contribution in [0.5, 0.6) is 5.75 Å². The van der Waals surface area contributed by atoms with E-state index in [1.54, 1.807) is 5.56 Å². The van der Waals surface area contributed by atoms with Gasteiger partial charge in [0.25, 0.3) is 0 Å². The fraction of sp³-hybridized carbons (Fsp3) is 0.744. The molecular weight excluding hydrogens is 484 g/mol. The standard InChI is InChI=1S/C39H62O/c1-5-9-11-17-32-18-20-33(21-19-32)30-40-38-34(15-7-3)28-37(29-35(38)16-8-4)39(26-12-10-13-27-39)36-24-22-31(14-6-2)23-25-36/h7-8,28-29,31-33,36H,3-6,9-27,30H2,1-2H3. The normalized spacial score (nSPS) is 26.8. The molecule has 0 spiro atoms.